The van der Waals surface area contributed by atoms with E-state index in [1.165, 1.54) is 12.3 Å². The molecule has 12 heteroatoms. The Labute approximate surface area is 168 Å². The second-order valence-electron chi connectivity index (χ2n) is 6.67. The van der Waals surface area contributed by atoms with Gasteiger partial charge in [0.1, 0.15) is 17.2 Å². The maximum absolute atomic E-state index is 12.8. The van der Waals surface area contributed by atoms with Crippen molar-refractivity contribution in [2.75, 3.05) is 48.7 Å². The van der Waals surface area contributed by atoms with Gasteiger partial charge in [-0.15, -0.1) is 0 Å². The van der Waals surface area contributed by atoms with Gasteiger partial charge < -0.3 is 16.0 Å². The number of carbonyl (C=O) groups is 1. The van der Waals surface area contributed by atoms with Gasteiger partial charge in [0.2, 0.25) is 0 Å². The van der Waals surface area contributed by atoms with Crippen LogP contribution < -0.4 is 16.0 Å². The normalized spacial score (nSPS) is 15.5. The van der Waals surface area contributed by atoms with E-state index in [-0.39, 0.29) is 18.1 Å². The molecule has 0 saturated carbocycles. The number of alkyl halides is 5. The molecule has 0 radical (unpaired) electrons. The first-order valence-electron chi connectivity index (χ1n) is 9.00. The van der Waals surface area contributed by atoms with Crippen LogP contribution >= 0.6 is 0 Å². The number of pyridine rings is 2. The highest BCUT2D eigenvalue weighted by Crippen LogP contribution is 2.30. The third kappa shape index (κ3) is 5.32. The second-order valence-corrected chi connectivity index (χ2v) is 6.67. The van der Waals surface area contributed by atoms with Crippen molar-refractivity contribution in [2.45, 2.75) is 12.6 Å². The lowest BCUT2D eigenvalue weighted by Crippen LogP contribution is -2.48. The van der Waals surface area contributed by atoms with Crippen molar-refractivity contribution < 1.29 is 26.7 Å². The largest absolute Gasteiger partial charge is 0.433 e. The number of hydrogen-bond donors (Lipinski definition) is 2. The third-order valence-corrected chi connectivity index (χ3v) is 4.53. The third-order valence-electron chi connectivity index (χ3n) is 4.53. The number of aromatic nitrogens is 2. The van der Waals surface area contributed by atoms with E-state index in [9.17, 15) is 26.7 Å². The molecule has 2 aromatic heterocycles. The number of halogens is 5. The van der Waals surface area contributed by atoms with E-state index >= 15 is 0 Å². The first kappa shape index (κ1) is 21.7. The molecule has 0 atom stereocenters. The Hall–Kier alpha value is -3.02. The molecule has 7 nitrogen and oxygen atoms in total. The topological polar surface area (TPSA) is 87.4 Å². The van der Waals surface area contributed by atoms with Crippen LogP contribution in [0.1, 0.15) is 16.2 Å². The van der Waals surface area contributed by atoms with Crippen molar-refractivity contribution in [1.82, 2.24) is 14.9 Å². The molecule has 162 valence electrons. The van der Waals surface area contributed by atoms with Crippen LogP contribution in [0.25, 0.3) is 0 Å². The Morgan fingerprint density at radius 3 is 2.53 bits per heavy atom. The molecule has 1 aliphatic heterocycles. The van der Waals surface area contributed by atoms with Crippen LogP contribution in [0.2, 0.25) is 0 Å². The highest BCUT2D eigenvalue weighted by molar-refractivity contribution is 6.04. The fourth-order valence-corrected chi connectivity index (χ4v) is 3.09. The molecule has 1 fully saturated rings. The number of carbonyl (C=O) groups excluding carboxylic acids is 1. The molecule has 1 saturated heterocycles. The summed E-state index contributed by atoms with van der Waals surface area (Å²) in [6.07, 6.45) is -5.81. The summed E-state index contributed by atoms with van der Waals surface area (Å²) in [7, 11) is 0. The van der Waals surface area contributed by atoms with Crippen LogP contribution in [0, 0.1) is 0 Å². The molecule has 0 aliphatic carbocycles. The number of rotatable bonds is 5. The number of amides is 1. The first-order chi connectivity index (χ1) is 14.1. The Morgan fingerprint density at radius 2 is 1.90 bits per heavy atom. The molecule has 1 amide bonds. The molecule has 3 heterocycles. The van der Waals surface area contributed by atoms with Gasteiger partial charge in [0.15, 0.2) is 0 Å². The van der Waals surface area contributed by atoms with Crippen molar-refractivity contribution >= 4 is 23.1 Å². The van der Waals surface area contributed by atoms with Crippen molar-refractivity contribution in [3.05, 3.63) is 41.9 Å². The van der Waals surface area contributed by atoms with E-state index in [1.54, 1.807) is 4.90 Å². The van der Waals surface area contributed by atoms with Crippen LogP contribution in [0.15, 0.2) is 30.5 Å². The predicted molar refractivity (Wildman–Crippen MR) is 100 cm³/mol. The SMILES string of the molecule is Nc1cc(N2CCN(CC(F)F)CC2)c(NC(=O)c2cccc(C(F)(F)F)n2)cn1. The zero-order valence-electron chi connectivity index (χ0n) is 15.7. The van der Waals surface area contributed by atoms with Gasteiger partial charge in [-0.1, -0.05) is 6.07 Å². The Morgan fingerprint density at radius 1 is 1.20 bits per heavy atom. The highest BCUT2D eigenvalue weighted by Gasteiger charge is 2.33. The Kier molecular flexibility index (Phi) is 6.34. The van der Waals surface area contributed by atoms with E-state index < -0.39 is 29.9 Å². The van der Waals surface area contributed by atoms with Crippen molar-refractivity contribution in [2.24, 2.45) is 0 Å². The van der Waals surface area contributed by atoms with Gasteiger partial charge in [-0.3, -0.25) is 9.69 Å². The smallest absolute Gasteiger partial charge is 0.384 e. The van der Waals surface area contributed by atoms with E-state index in [4.69, 9.17) is 5.73 Å². The van der Waals surface area contributed by atoms with E-state index in [0.717, 1.165) is 18.2 Å². The summed E-state index contributed by atoms with van der Waals surface area (Å²) in [5.41, 5.74) is 4.88. The minimum Gasteiger partial charge on any atom is -0.384 e. The van der Waals surface area contributed by atoms with Crippen LogP contribution in [0.5, 0.6) is 0 Å². The Balaban J connectivity index is 1.77. The van der Waals surface area contributed by atoms with Crippen LogP contribution in [0.3, 0.4) is 0 Å². The van der Waals surface area contributed by atoms with Gasteiger partial charge in [0.25, 0.3) is 12.3 Å². The van der Waals surface area contributed by atoms with Gasteiger partial charge in [-0.25, -0.2) is 18.7 Å². The number of anilines is 3. The molecule has 3 N–H and O–H groups in total. The highest BCUT2D eigenvalue weighted by atomic mass is 19.4. The molecule has 0 bridgehead atoms. The number of hydrogen-bond acceptors (Lipinski definition) is 6. The molecule has 1 aliphatic rings. The van der Waals surface area contributed by atoms with Gasteiger partial charge in [-0.05, 0) is 12.1 Å². The van der Waals surface area contributed by atoms with E-state index in [2.05, 4.69) is 15.3 Å². The summed E-state index contributed by atoms with van der Waals surface area (Å²) in [4.78, 5) is 23.2. The second kappa shape index (κ2) is 8.78. The van der Waals surface area contributed by atoms with E-state index in [0.29, 0.717) is 31.9 Å². The van der Waals surface area contributed by atoms with Crippen LogP contribution in [0.4, 0.5) is 39.1 Å². The lowest BCUT2D eigenvalue weighted by molar-refractivity contribution is -0.141. The number of nitrogens with one attached hydrogen (secondary N) is 1. The van der Waals surface area contributed by atoms with Crippen molar-refractivity contribution in [3.8, 4) is 0 Å². The lowest BCUT2D eigenvalue weighted by Gasteiger charge is -2.36. The van der Waals surface area contributed by atoms with Gasteiger partial charge in [0.05, 0.1) is 24.1 Å². The summed E-state index contributed by atoms with van der Waals surface area (Å²) >= 11 is 0. The molecular weight excluding hydrogens is 411 g/mol. The summed E-state index contributed by atoms with van der Waals surface area (Å²) in [5, 5.41) is 2.51. The number of nitrogen functional groups attached to an aromatic ring is 1. The van der Waals surface area contributed by atoms with Gasteiger partial charge in [-0.2, -0.15) is 13.2 Å². The number of nitrogens with two attached hydrogens (primary N) is 1. The zero-order chi connectivity index (χ0) is 21.9. The van der Waals surface area contributed by atoms with Gasteiger partial charge in [0, 0.05) is 32.2 Å². The monoisotopic (exact) mass is 430 g/mol. The molecule has 0 unspecified atom stereocenters. The van der Waals surface area contributed by atoms with Crippen LogP contribution in [-0.2, 0) is 6.18 Å². The van der Waals surface area contributed by atoms with Crippen molar-refractivity contribution in [3.63, 3.8) is 0 Å². The average Bonchev–Trinajstić information content (AvgIpc) is 2.69. The fraction of sp³-hybridized carbons (Fsp3) is 0.389. The number of piperazine rings is 1. The molecule has 2 aromatic rings. The number of nitrogens with zero attached hydrogens (tertiary/aromatic N) is 4. The Bertz CT molecular complexity index is 899. The predicted octanol–water partition coefficient (Wildman–Crippen LogP) is 2.72. The standard InChI is InChI=1S/C18H19F5N6O/c19-15(20)10-28-4-6-29(7-5-28)13-8-16(24)25-9-12(13)27-17(30)11-2-1-3-14(26-11)18(21,22)23/h1-3,8-9,15H,4-7,10H2,(H2,24,25)(H,27,30). The minimum absolute atomic E-state index is 0.176. The molecule has 3 rings (SSSR count). The fourth-order valence-electron chi connectivity index (χ4n) is 3.09. The summed E-state index contributed by atoms with van der Waals surface area (Å²) in [5.74, 6) is -0.666. The van der Waals surface area contributed by atoms with Gasteiger partial charge >= 0.3 is 6.18 Å². The first-order valence-corrected chi connectivity index (χ1v) is 9.00. The maximum Gasteiger partial charge on any atom is 0.433 e. The molecular formula is C18H19F5N6O. The zero-order valence-corrected chi connectivity index (χ0v) is 15.7. The summed E-state index contributed by atoms with van der Waals surface area (Å²) in [6.45, 7) is 1.25. The minimum atomic E-state index is -4.68. The molecule has 30 heavy (non-hydrogen) atoms. The lowest BCUT2D eigenvalue weighted by atomic mass is 10.2. The molecule has 0 aromatic carbocycles. The summed E-state index contributed by atoms with van der Waals surface area (Å²) < 4.78 is 63.7. The summed E-state index contributed by atoms with van der Waals surface area (Å²) in [6, 6.07) is 4.54. The van der Waals surface area contributed by atoms with Crippen molar-refractivity contribution in [1.29, 1.82) is 0 Å². The van der Waals surface area contributed by atoms with Crippen LogP contribution in [-0.4, -0.2) is 59.9 Å². The average molecular weight is 430 g/mol. The quantitative estimate of drug-likeness (QED) is 0.710. The van der Waals surface area contributed by atoms with E-state index in [1.807, 2.05) is 4.90 Å². The molecule has 0 spiro atoms. The maximum atomic E-state index is 12.8.